The summed E-state index contributed by atoms with van der Waals surface area (Å²) in [7, 11) is 0. The minimum atomic E-state index is 0.177. The predicted molar refractivity (Wildman–Crippen MR) is 95.5 cm³/mol. The van der Waals surface area contributed by atoms with E-state index in [1.807, 2.05) is 17.2 Å². The van der Waals surface area contributed by atoms with Crippen LogP contribution in [0.3, 0.4) is 0 Å². The van der Waals surface area contributed by atoms with Gasteiger partial charge in [-0.3, -0.25) is 14.7 Å². The van der Waals surface area contributed by atoms with Crippen molar-refractivity contribution in [2.45, 2.75) is 20.0 Å². The van der Waals surface area contributed by atoms with Gasteiger partial charge in [0.1, 0.15) is 0 Å². The Morgan fingerprint density at radius 2 is 1.92 bits per heavy atom. The average Bonchev–Trinajstić information content (AvgIpc) is 2.62. The molecule has 1 fully saturated rings. The lowest BCUT2D eigenvalue weighted by molar-refractivity contribution is -0.130. The van der Waals surface area contributed by atoms with E-state index in [1.54, 1.807) is 13.1 Å². The number of aromatic nitrogens is 1. The molecule has 2 aromatic rings. The Hall–Kier alpha value is -2.40. The lowest BCUT2D eigenvalue weighted by Gasteiger charge is -2.34. The van der Waals surface area contributed by atoms with Crippen molar-refractivity contribution >= 4 is 11.6 Å². The molecule has 0 saturated carbocycles. The van der Waals surface area contributed by atoms with E-state index < -0.39 is 0 Å². The molecule has 5 heteroatoms. The molecule has 1 saturated heterocycles. The Bertz CT molecular complexity index is 666. The number of benzene rings is 1. The third-order valence-electron chi connectivity index (χ3n) is 4.37. The number of rotatable bonds is 5. The first-order valence-electron chi connectivity index (χ1n) is 8.40. The molecule has 5 nitrogen and oxygen atoms in total. The van der Waals surface area contributed by atoms with E-state index in [0.29, 0.717) is 0 Å². The van der Waals surface area contributed by atoms with Crippen LogP contribution < -0.4 is 5.32 Å². The Kier molecular flexibility index (Phi) is 5.43. The number of piperazine rings is 1. The van der Waals surface area contributed by atoms with Gasteiger partial charge in [0.25, 0.3) is 0 Å². The van der Waals surface area contributed by atoms with Gasteiger partial charge in [-0.15, -0.1) is 0 Å². The number of pyridine rings is 1. The van der Waals surface area contributed by atoms with Crippen LogP contribution in [0.15, 0.2) is 48.8 Å². The lowest BCUT2D eigenvalue weighted by atomic mass is 10.1. The molecule has 126 valence electrons. The zero-order valence-electron chi connectivity index (χ0n) is 14.1. The molecule has 2 heterocycles. The fraction of sp³-hybridized carbons (Fsp3) is 0.368. The summed E-state index contributed by atoms with van der Waals surface area (Å²) in [6.45, 7) is 6.87. The molecule has 0 aliphatic carbocycles. The monoisotopic (exact) mass is 324 g/mol. The maximum atomic E-state index is 11.4. The van der Waals surface area contributed by atoms with E-state index in [2.05, 4.69) is 45.5 Å². The number of carbonyl (C=O) groups is 1. The largest absolute Gasteiger partial charge is 0.381 e. The van der Waals surface area contributed by atoms with Gasteiger partial charge in [-0.2, -0.15) is 0 Å². The lowest BCUT2D eigenvalue weighted by Crippen LogP contribution is -2.47. The van der Waals surface area contributed by atoms with E-state index in [0.717, 1.165) is 45.0 Å². The minimum absolute atomic E-state index is 0.177. The van der Waals surface area contributed by atoms with Crippen LogP contribution in [0.25, 0.3) is 0 Å². The zero-order chi connectivity index (χ0) is 16.8. The van der Waals surface area contributed by atoms with Crippen LogP contribution in [0.4, 0.5) is 5.69 Å². The Morgan fingerprint density at radius 3 is 2.62 bits per heavy atom. The van der Waals surface area contributed by atoms with Crippen molar-refractivity contribution in [1.29, 1.82) is 0 Å². The van der Waals surface area contributed by atoms with Gasteiger partial charge in [0.2, 0.25) is 5.91 Å². The first-order chi connectivity index (χ1) is 11.7. The summed E-state index contributed by atoms with van der Waals surface area (Å²) in [5.74, 6) is 0.177. The van der Waals surface area contributed by atoms with E-state index in [-0.39, 0.29) is 5.91 Å². The Morgan fingerprint density at radius 1 is 1.12 bits per heavy atom. The first kappa shape index (κ1) is 16.5. The molecule has 1 amide bonds. The molecule has 0 radical (unpaired) electrons. The molecule has 0 spiro atoms. The zero-order valence-corrected chi connectivity index (χ0v) is 14.1. The highest BCUT2D eigenvalue weighted by Crippen LogP contribution is 2.15. The third-order valence-corrected chi connectivity index (χ3v) is 4.37. The second kappa shape index (κ2) is 7.93. The Labute approximate surface area is 143 Å². The summed E-state index contributed by atoms with van der Waals surface area (Å²) in [6, 6.07) is 12.6. The van der Waals surface area contributed by atoms with Gasteiger partial charge in [-0.25, -0.2) is 0 Å². The molecule has 3 rings (SSSR count). The topological polar surface area (TPSA) is 48.5 Å². The highest BCUT2D eigenvalue weighted by atomic mass is 16.2. The van der Waals surface area contributed by atoms with Crippen molar-refractivity contribution in [1.82, 2.24) is 14.8 Å². The van der Waals surface area contributed by atoms with Crippen molar-refractivity contribution in [3.8, 4) is 0 Å². The third kappa shape index (κ3) is 4.55. The van der Waals surface area contributed by atoms with Crippen LogP contribution in [0.1, 0.15) is 18.1 Å². The molecule has 0 unspecified atom stereocenters. The first-order valence-corrected chi connectivity index (χ1v) is 8.40. The molecule has 1 aliphatic rings. The molecule has 0 atom stereocenters. The van der Waals surface area contributed by atoms with Gasteiger partial charge in [0, 0.05) is 64.3 Å². The SMILES string of the molecule is CC(=O)N1CCN(Cc2cccc(NCc3cccnc3)c2)CC1. The van der Waals surface area contributed by atoms with Crippen LogP contribution in [0.2, 0.25) is 0 Å². The van der Waals surface area contributed by atoms with Gasteiger partial charge in [-0.1, -0.05) is 18.2 Å². The quantitative estimate of drug-likeness (QED) is 0.917. The number of amides is 1. The standard InChI is InChI=1S/C19H24N4O/c1-16(24)23-10-8-22(9-11-23)15-17-4-2-6-19(12-17)21-14-18-5-3-7-20-13-18/h2-7,12-13,21H,8-11,14-15H2,1H3. The summed E-state index contributed by atoms with van der Waals surface area (Å²) in [6.07, 6.45) is 3.67. The molecular weight excluding hydrogens is 300 g/mol. The molecule has 1 aromatic carbocycles. The molecule has 0 bridgehead atoms. The summed E-state index contributed by atoms with van der Waals surface area (Å²) in [5.41, 5.74) is 3.59. The fourth-order valence-electron chi connectivity index (χ4n) is 2.97. The van der Waals surface area contributed by atoms with E-state index >= 15 is 0 Å². The summed E-state index contributed by atoms with van der Waals surface area (Å²) in [4.78, 5) is 19.8. The molecule has 1 aromatic heterocycles. The summed E-state index contributed by atoms with van der Waals surface area (Å²) in [5, 5.41) is 3.45. The second-order valence-corrected chi connectivity index (χ2v) is 6.20. The summed E-state index contributed by atoms with van der Waals surface area (Å²) < 4.78 is 0. The fourth-order valence-corrected chi connectivity index (χ4v) is 2.97. The van der Waals surface area contributed by atoms with Crippen LogP contribution in [-0.4, -0.2) is 46.9 Å². The normalized spacial score (nSPS) is 15.3. The smallest absolute Gasteiger partial charge is 0.219 e. The van der Waals surface area contributed by atoms with Gasteiger partial charge in [0.15, 0.2) is 0 Å². The van der Waals surface area contributed by atoms with Crippen molar-refractivity contribution in [3.05, 3.63) is 59.9 Å². The van der Waals surface area contributed by atoms with Gasteiger partial charge >= 0.3 is 0 Å². The van der Waals surface area contributed by atoms with Crippen molar-refractivity contribution < 1.29 is 4.79 Å². The average molecular weight is 324 g/mol. The highest BCUT2D eigenvalue weighted by Gasteiger charge is 2.18. The van der Waals surface area contributed by atoms with Gasteiger partial charge in [0.05, 0.1) is 0 Å². The van der Waals surface area contributed by atoms with E-state index in [9.17, 15) is 4.79 Å². The summed E-state index contributed by atoms with van der Waals surface area (Å²) >= 11 is 0. The van der Waals surface area contributed by atoms with Crippen LogP contribution >= 0.6 is 0 Å². The number of anilines is 1. The van der Waals surface area contributed by atoms with Crippen molar-refractivity contribution in [2.75, 3.05) is 31.5 Å². The molecule has 1 aliphatic heterocycles. The van der Waals surface area contributed by atoms with Crippen molar-refractivity contribution in [3.63, 3.8) is 0 Å². The van der Waals surface area contributed by atoms with Gasteiger partial charge < -0.3 is 10.2 Å². The van der Waals surface area contributed by atoms with Crippen LogP contribution in [-0.2, 0) is 17.9 Å². The number of hydrogen-bond donors (Lipinski definition) is 1. The highest BCUT2D eigenvalue weighted by molar-refractivity contribution is 5.73. The van der Waals surface area contributed by atoms with Gasteiger partial charge in [-0.05, 0) is 29.3 Å². The van der Waals surface area contributed by atoms with Crippen molar-refractivity contribution in [2.24, 2.45) is 0 Å². The van der Waals surface area contributed by atoms with Crippen LogP contribution in [0, 0.1) is 0 Å². The number of nitrogens with one attached hydrogen (secondary N) is 1. The predicted octanol–water partition coefficient (Wildman–Crippen LogP) is 2.36. The Balaban J connectivity index is 1.53. The molecule has 24 heavy (non-hydrogen) atoms. The molecule has 1 N–H and O–H groups in total. The number of nitrogens with zero attached hydrogens (tertiary/aromatic N) is 3. The maximum Gasteiger partial charge on any atom is 0.219 e. The van der Waals surface area contributed by atoms with Crippen LogP contribution in [0.5, 0.6) is 0 Å². The van der Waals surface area contributed by atoms with E-state index in [4.69, 9.17) is 0 Å². The second-order valence-electron chi connectivity index (χ2n) is 6.20. The molecular formula is C19H24N4O. The maximum absolute atomic E-state index is 11.4. The van der Waals surface area contributed by atoms with E-state index in [1.165, 1.54) is 11.1 Å². The number of hydrogen-bond acceptors (Lipinski definition) is 4. The number of carbonyl (C=O) groups excluding carboxylic acids is 1. The minimum Gasteiger partial charge on any atom is -0.381 e.